The lowest BCUT2D eigenvalue weighted by Gasteiger charge is -2.33. The molecule has 30 heavy (non-hydrogen) atoms. The van der Waals surface area contributed by atoms with Crippen molar-refractivity contribution in [1.82, 2.24) is 15.5 Å². The van der Waals surface area contributed by atoms with Gasteiger partial charge in [-0.1, -0.05) is 0 Å². The van der Waals surface area contributed by atoms with Gasteiger partial charge in [0.05, 0.1) is 18.1 Å². The smallest absolute Gasteiger partial charge is 0.416 e. The largest absolute Gasteiger partial charge is 0.466 e. The molecule has 1 fully saturated rings. The molecule has 1 aromatic carbocycles. The number of piperidine rings is 1. The highest BCUT2D eigenvalue weighted by molar-refractivity contribution is 5.94. The zero-order chi connectivity index (χ0) is 22.1. The van der Waals surface area contributed by atoms with E-state index in [1.54, 1.807) is 14.0 Å². The van der Waals surface area contributed by atoms with Crippen molar-refractivity contribution in [2.45, 2.75) is 25.9 Å². The number of carbonyl (C=O) groups excluding carboxylic acids is 2. The maximum Gasteiger partial charge on any atom is 0.416 e. The first-order chi connectivity index (χ1) is 14.3. The highest BCUT2D eigenvalue weighted by atomic mass is 19.4. The number of carbonyl (C=O) groups is 2. The van der Waals surface area contributed by atoms with Crippen molar-refractivity contribution in [3.63, 3.8) is 0 Å². The van der Waals surface area contributed by atoms with E-state index in [9.17, 15) is 22.8 Å². The molecule has 0 radical (unpaired) electrons. The highest BCUT2D eigenvalue weighted by Crippen LogP contribution is 2.29. The van der Waals surface area contributed by atoms with Crippen LogP contribution in [0.3, 0.4) is 0 Å². The molecule has 1 aliphatic rings. The SMILES string of the molecule is CCOC(=O)C1CCCN(C(=NC)NCCNC(=O)c2ccc(C(F)(F)F)cc2)C1. The lowest BCUT2D eigenvalue weighted by molar-refractivity contribution is -0.149. The molecule has 1 aliphatic heterocycles. The Bertz CT molecular complexity index is 751. The standard InChI is InChI=1S/C20H27F3N4O3/c1-3-30-18(29)15-5-4-12-27(13-15)19(24-2)26-11-10-25-17(28)14-6-8-16(9-7-14)20(21,22)23/h6-9,15H,3-5,10-13H2,1-2H3,(H,24,26)(H,25,28). The van der Waals surface area contributed by atoms with Crippen LogP contribution in [0.5, 0.6) is 0 Å². The first-order valence-electron chi connectivity index (χ1n) is 9.84. The van der Waals surface area contributed by atoms with Gasteiger partial charge in [-0.2, -0.15) is 13.2 Å². The topological polar surface area (TPSA) is 83.0 Å². The molecular formula is C20H27F3N4O3. The van der Waals surface area contributed by atoms with Crippen molar-refractivity contribution in [3.05, 3.63) is 35.4 Å². The van der Waals surface area contributed by atoms with Crippen molar-refractivity contribution in [3.8, 4) is 0 Å². The second kappa shape index (κ2) is 10.8. The number of guanidine groups is 1. The summed E-state index contributed by atoms with van der Waals surface area (Å²) in [5.74, 6) is -0.244. The number of likely N-dealkylation sites (tertiary alicyclic amines) is 1. The highest BCUT2D eigenvalue weighted by Gasteiger charge is 2.30. The van der Waals surface area contributed by atoms with Crippen LogP contribution in [0.2, 0.25) is 0 Å². The number of nitrogens with one attached hydrogen (secondary N) is 2. The van der Waals surface area contributed by atoms with E-state index in [0.29, 0.717) is 25.7 Å². The van der Waals surface area contributed by atoms with Gasteiger partial charge in [0.2, 0.25) is 0 Å². The zero-order valence-electron chi connectivity index (χ0n) is 17.1. The molecule has 2 N–H and O–H groups in total. The first kappa shape index (κ1) is 23.5. The minimum absolute atomic E-state index is 0.153. The molecular weight excluding hydrogens is 401 g/mol. The second-order valence-electron chi connectivity index (χ2n) is 6.84. The molecule has 166 valence electrons. The molecule has 1 heterocycles. The van der Waals surface area contributed by atoms with Crippen molar-refractivity contribution in [2.75, 3.05) is 39.8 Å². The van der Waals surface area contributed by atoms with Gasteiger partial charge in [-0.3, -0.25) is 14.6 Å². The van der Waals surface area contributed by atoms with Gasteiger partial charge in [0.1, 0.15) is 0 Å². The Morgan fingerprint density at radius 2 is 1.87 bits per heavy atom. The summed E-state index contributed by atoms with van der Waals surface area (Å²) in [4.78, 5) is 30.3. The fourth-order valence-electron chi connectivity index (χ4n) is 3.22. The molecule has 1 amide bonds. The van der Waals surface area contributed by atoms with Gasteiger partial charge >= 0.3 is 12.1 Å². The molecule has 1 aromatic rings. The van der Waals surface area contributed by atoms with Gasteiger partial charge in [0.15, 0.2) is 5.96 Å². The number of nitrogens with zero attached hydrogens (tertiary/aromatic N) is 2. The lowest BCUT2D eigenvalue weighted by atomic mass is 9.98. The van der Waals surface area contributed by atoms with Gasteiger partial charge in [-0.05, 0) is 44.0 Å². The van der Waals surface area contributed by atoms with Crippen molar-refractivity contribution < 1.29 is 27.5 Å². The third-order valence-electron chi connectivity index (χ3n) is 4.72. The lowest BCUT2D eigenvalue weighted by Crippen LogP contribution is -2.49. The van der Waals surface area contributed by atoms with Crippen LogP contribution in [0.1, 0.15) is 35.7 Å². The maximum atomic E-state index is 12.6. The average Bonchev–Trinajstić information content (AvgIpc) is 2.73. The molecule has 1 atom stereocenters. The summed E-state index contributed by atoms with van der Waals surface area (Å²) in [5.41, 5.74) is -0.645. The van der Waals surface area contributed by atoms with E-state index in [2.05, 4.69) is 15.6 Å². The second-order valence-corrected chi connectivity index (χ2v) is 6.84. The Kier molecular flexibility index (Phi) is 8.49. The Morgan fingerprint density at radius 1 is 1.20 bits per heavy atom. The van der Waals surface area contributed by atoms with Crippen LogP contribution in [-0.2, 0) is 15.7 Å². The zero-order valence-corrected chi connectivity index (χ0v) is 17.1. The van der Waals surface area contributed by atoms with Crippen LogP contribution in [0.15, 0.2) is 29.3 Å². The monoisotopic (exact) mass is 428 g/mol. The predicted octanol–water partition coefficient (Wildman–Crippen LogP) is 2.29. The summed E-state index contributed by atoms with van der Waals surface area (Å²) in [7, 11) is 1.64. The predicted molar refractivity (Wildman–Crippen MR) is 106 cm³/mol. The number of hydrogen-bond acceptors (Lipinski definition) is 4. The van der Waals surface area contributed by atoms with Crippen molar-refractivity contribution >= 4 is 17.8 Å². The Morgan fingerprint density at radius 3 is 2.47 bits per heavy atom. The van der Waals surface area contributed by atoms with E-state index in [-0.39, 0.29) is 24.0 Å². The van der Waals surface area contributed by atoms with Crippen LogP contribution in [0, 0.1) is 5.92 Å². The minimum atomic E-state index is -4.43. The Balaban J connectivity index is 1.79. The number of hydrogen-bond donors (Lipinski definition) is 2. The Labute approximate surface area is 173 Å². The molecule has 2 rings (SSSR count). The van der Waals surface area contributed by atoms with Crippen LogP contribution >= 0.6 is 0 Å². The third-order valence-corrected chi connectivity index (χ3v) is 4.72. The van der Waals surface area contributed by atoms with Crippen molar-refractivity contribution in [1.29, 1.82) is 0 Å². The summed E-state index contributed by atoms with van der Waals surface area (Å²) < 4.78 is 42.9. The fourth-order valence-corrected chi connectivity index (χ4v) is 3.22. The molecule has 0 aromatic heterocycles. The van der Waals surface area contributed by atoms with Crippen LogP contribution in [0.25, 0.3) is 0 Å². The van der Waals surface area contributed by atoms with Gasteiger partial charge in [-0.15, -0.1) is 0 Å². The summed E-state index contributed by atoms with van der Waals surface area (Å²) in [5, 5.41) is 5.78. The fraction of sp³-hybridized carbons (Fsp3) is 0.550. The molecule has 0 spiro atoms. The molecule has 1 unspecified atom stereocenters. The summed E-state index contributed by atoms with van der Waals surface area (Å²) in [6.07, 6.45) is -2.82. The van der Waals surface area contributed by atoms with Gasteiger partial charge in [-0.25, -0.2) is 0 Å². The molecule has 0 aliphatic carbocycles. The summed E-state index contributed by atoms with van der Waals surface area (Å²) in [6, 6.07) is 4.05. The van der Waals surface area contributed by atoms with E-state index in [1.165, 1.54) is 0 Å². The number of rotatable bonds is 6. The van der Waals surface area contributed by atoms with Crippen LogP contribution in [-0.4, -0.2) is 62.6 Å². The molecule has 7 nitrogen and oxygen atoms in total. The molecule has 1 saturated heterocycles. The Hall–Kier alpha value is -2.78. The van der Waals surface area contributed by atoms with E-state index in [4.69, 9.17) is 4.74 Å². The maximum absolute atomic E-state index is 12.6. The van der Waals surface area contributed by atoms with Gasteiger partial charge in [0.25, 0.3) is 5.91 Å². The van der Waals surface area contributed by atoms with E-state index < -0.39 is 17.6 Å². The quantitative estimate of drug-likeness (QED) is 0.314. The van der Waals surface area contributed by atoms with Gasteiger partial charge < -0.3 is 20.3 Å². The molecule has 0 saturated carbocycles. The number of esters is 1. The molecule has 10 heteroatoms. The van der Waals surface area contributed by atoms with E-state index in [0.717, 1.165) is 43.7 Å². The van der Waals surface area contributed by atoms with Crippen molar-refractivity contribution in [2.24, 2.45) is 10.9 Å². The van der Waals surface area contributed by atoms with E-state index in [1.807, 2.05) is 4.90 Å². The number of ether oxygens (including phenoxy) is 1. The molecule has 0 bridgehead atoms. The number of halogens is 3. The third kappa shape index (κ3) is 6.64. The van der Waals surface area contributed by atoms with Crippen LogP contribution < -0.4 is 10.6 Å². The van der Waals surface area contributed by atoms with Crippen LogP contribution in [0.4, 0.5) is 13.2 Å². The van der Waals surface area contributed by atoms with E-state index >= 15 is 0 Å². The number of aliphatic imine (C=N–C) groups is 1. The van der Waals surface area contributed by atoms with Gasteiger partial charge in [0, 0.05) is 38.8 Å². The number of benzene rings is 1. The first-order valence-corrected chi connectivity index (χ1v) is 9.84. The number of alkyl halides is 3. The number of amides is 1. The summed E-state index contributed by atoms with van der Waals surface area (Å²) >= 11 is 0. The average molecular weight is 428 g/mol. The summed E-state index contributed by atoms with van der Waals surface area (Å²) in [6.45, 7) is 4.02. The minimum Gasteiger partial charge on any atom is -0.466 e. The normalized spacial score (nSPS) is 17.4.